The van der Waals surface area contributed by atoms with Gasteiger partial charge in [-0.2, -0.15) is 0 Å². The van der Waals surface area contributed by atoms with Gasteiger partial charge < -0.3 is 5.73 Å². The van der Waals surface area contributed by atoms with Crippen LogP contribution in [0.2, 0.25) is 0 Å². The van der Waals surface area contributed by atoms with Gasteiger partial charge in [-0.25, -0.2) is 4.98 Å². The van der Waals surface area contributed by atoms with Crippen LogP contribution in [-0.2, 0) is 0 Å². The smallest absolute Gasteiger partial charge is 0.209 e. The standard InChI is InChI=1S/C13H18N4S/c1-8-6-4-5-7-11(8)12(9(2)14)18-13-15-10(3)16-17-13/h4-7,9,12H,14H2,1-3H3,(H,15,16,17). The summed E-state index contributed by atoms with van der Waals surface area (Å²) in [4.78, 5) is 4.33. The second kappa shape index (κ2) is 5.54. The molecule has 0 aliphatic carbocycles. The molecule has 2 rings (SSSR count). The van der Waals surface area contributed by atoms with Crippen molar-refractivity contribution < 1.29 is 0 Å². The summed E-state index contributed by atoms with van der Waals surface area (Å²) in [6, 6.07) is 8.35. The lowest BCUT2D eigenvalue weighted by Gasteiger charge is -2.21. The molecule has 2 unspecified atom stereocenters. The maximum atomic E-state index is 6.11. The maximum absolute atomic E-state index is 6.11. The third-order valence-corrected chi connectivity index (χ3v) is 4.11. The van der Waals surface area contributed by atoms with Crippen LogP contribution in [0.1, 0.15) is 29.1 Å². The molecule has 1 aromatic heterocycles. The minimum absolute atomic E-state index is 0.0370. The summed E-state index contributed by atoms with van der Waals surface area (Å²) in [5.41, 5.74) is 8.61. The van der Waals surface area contributed by atoms with E-state index in [0.717, 1.165) is 11.0 Å². The molecule has 0 aliphatic heterocycles. The number of rotatable bonds is 4. The molecule has 0 spiro atoms. The molecule has 0 saturated heterocycles. The lowest BCUT2D eigenvalue weighted by atomic mass is 10.0. The Hall–Kier alpha value is -1.33. The Labute approximate surface area is 111 Å². The van der Waals surface area contributed by atoms with Crippen molar-refractivity contribution in [2.75, 3.05) is 0 Å². The van der Waals surface area contributed by atoms with Crippen LogP contribution >= 0.6 is 11.8 Å². The van der Waals surface area contributed by atoms with Crippen molar-refractivity contribution in [2.24, 2.45) is 5.73 Å². The molecule has 2 aromatic rings. The van der Waals surface area contributed by atoms with Crippen LogP contribution < -0.4 is 5.73 Å². The van der Waals surface area contributed by atoms with Crippen LogP contribution in [0.3, 0.4) is 0 Å². The van der Waals surface area contributed by atoms with Crippen molar-refractivity contribution in [1.29, 1.82) is 0 Å². The molecule has 2 atom stereocenters. The molecule has 96 valence electrons. The Morgan fingerprint density at radius 2 is 2.00 bits per heavy atom. The Balaban J connectivity index is 2.27. The molecule has 0 radical (unpaired) electrons. The van der Waals surface area contributed by atoms with Gasteiger partial charge in [0.15, 0.2) is 0 Å². The molecule has 0 aliphatic rings. The molecule has 4 nitrogen and oxygen atoms in total. The minimum atomic E-state index is 0.0370. The van der Waals surface area contributed by atoms with E-state index in [-0.39, 0.29) is 11.3 Å². The maximum Gasteiger partial charge on any atom is 0.209 e. The summed E-state index contributed by atoms with van der Waals surface area (Å²) in [5.74, 6) is 0.825. The van der Waals surface area contributed by atoms with Gasteiger partial charge in [-0.3, -0.25) is 5.10 Å². The van der Waals surface area contributed by atoms with E-state index < -0.39 is 0 Å². The number of nitrogens with zero attached hydrogens (tertiary/aromatic N) is 2. The predicted molar refractivity (Wildman–Crippen MR) is 74.5 cm³/mol. The zero-order chi connectivity index (χ0) is 13.1. The Bertz CT molecular complexity index is 521. The molecular weight excluding hydrogens is 244 g/mol. The Morgan fingerprint density at radius 3 is 2.56 bits per heavy atom. The zero-order valence-corrected chi connectivity index (χ0v) is 11.7. The molecule has 5 heteroatoms. The van der Waals surface area contributed by atoms with Crippen molar-refractivity contribution in [2.45, 2.75) is 37.2 Å². The van der Waals surface area contributed by atoms with E-state index in [1.165, 1.54) is 11.1 Å². The van der Waals surface area contributed by atoms with Crippen LogP contribution in [0.4, 0.5) is 0 Å². The Kier molecular flexibility index (Phi) is 4.04. The predicted octanol–water partition coefficient (Wildman–Crippen LogP) is 2.60. The first kappa shape index (κ1) is 13.1. The second-order valence-electron chi connectivity index (χ2n) is 4.46. The van der Waals surface area contributed by atoms with Gasteiger partial charge in [0.1, 0.15) is 5.82 Å². The molecule has 0 saturated carbocycles. The van der Waals surface area contributed by atoms with E-state index in [0.29, 0.717) is 0 Å². The fourth-order valence-electron chi connectivity index (χ4n) is 1.85. The van der Waals surface area contributed by atoms with E-state index in [2.05, 4.69) is 34.2 Å². The number of aromatic amines is 1. The number of hydrogen-bond donors (Lipinski definition) is 2. The number of benzene rings is 1. The van der Waals surface area contributed by atoms with Gasteiger partial charge in [-0.15, -0.1) is 5.10 Å². The molecular formula is C13H18N4S. The van der Waals surface area contributed by atoms with Gasteiger partial charge in [0, 0.05) is 6.04 Å². The van der Waals surface area contributed by atoms with Crippen LogP contribution in [0, 0.1) is 13.8 Å². The van der Waals surface area contributed by atoms with Crippen molar-refractivity contribution in [1.82, 2.24) is 15.2 Å². The van der Waals surface area contributed by atoms with E-state index in [1.54, 1.807) is 11.8 Å². The van der Waals surface area contributed by atoms with Gasteiger partial charge in [-0.05, 0) is 31.9 Å². The minimum Gasteiger partial charge on any atom is -0.327 e. The second-order valence-corrected chi connectivity index (χ2v) is 5.57. The van der Waals surface area contributed by atoms with Crippen LogP contribution in [-0.4, -0.2) is 21.2 Å². The summed E-state index contributed by atoms with van der Waals surface area (Å²) in [6.45, 7) is 6.02. The summed E-state index contributed by atoms with van der Waals surface area (Å²) in [6.07, 6.45) is 0. The highest BCUT2D eigenvalue weighted by atomic mass is 32.2. The summed E-state index contributed by atoms with van der Waals surface area (Å²) < 4.78 is 0. The number of thioether (sulfide) groups is 1. The highest BCUT2D eigenvalue weighted by molar-refractivity contribution is 7.99. The van der Waals surface area contributed by atoms with E-state index >= 15 is 0 Å². The van der Waals surface area contributed by atoms with Gasteiger partial charge >= 0.3 is 0 Å². The average molecular weight is 262 g/mol. The first-order valence-electron chi connectivity index (χ1n) is 5.94. The lowest BCUT2D eigenvalue weighted by molar-refractivity contribution is 0.715. The summed E-state index contributed by atoms with van der Waals surface area (Å²) >= 11 is 1.61. The highest BCUT2D eigenvalue weighted by Crippen LogP contribution is 2.36. The zero-order valence-electron chi connectivity index (χ0n) is 10.8. The van der Waals surface area contributed by atoms with Crippen LogP contribution in [0.15, 0.2) is 29.4 Å². The molecule has 18 heavy (non-hydrogen) atoms. The fraction of sp³-hybridized carbons (Fsp3) is 0.385. The number of nitrogens with two attached hydrogens (primary N) is 1. The van der Waals surface area contributed by atoms with E-state index in [1.807, 2.05) is 26.0 Å². The van der Waals surface area contributed by atoms with E-state index in [4.69, 9.17) is 5.73 Å². The number of aromatic nitrogens is 3. The molecule has 0 fully saturated rings. The molecule has 3 N–H and O–H groups in total. The number of hydrogen-bond acceptors (Lipinski definition) is 4. The van der Waals surface area contributed by atoms with Crippen molar-refractivity contribution in [3.63, 3.8) is 0 Å². The quantitative estimate of drug-likeness (QED) is 0.831. The largest absolute Gasteiger partial charge is 0.327 e. The number of H-pyrrole nitrogens is 1. The number of nitrogens with one attached hydrogen (secondary N) is 1. The van der Waals surface area contributed by atoms with Gasteiger partial charge in [0.2, 0.25) is 5.16 Å². The lowest BCUT2D eigenvalue weighted by Crippen LogP contribution is -2.23. The molecule has 0 bridgehead atoms. The Morgan fingerprint density at radius 1 is 1.28 bits per heavy atom. The highest BCUT2D eigenvalue weighted by Gasteiger charge is 2.21. The monoisotopic (exact) mass is 262 g/mol. The van der Waals surface area contributed by atoms with Crippen LogP contribution in [0.5, 0.6) is 0 Å². The van der Waals surface area contributed by atoms with Gasteiger partial charge in [0.05, 0.1) is 5.25 Å². The third-order valence-electron chi connectivity index (χ3n) is 2.78. The SMILES string of the molecule is Cc1nc(SC(c2ccccc2C)C(C)N)n[nH]1. The van der Waals surface area contributed by atoms with Crippen molar-refractivity contribution in [3.8, 4) is 0 Å². The molecule has 1 heterocycles. The van der Waals surface area contributed by atoms with Crippen LogP contribution in [0.25, 0.3) is 0 Å². The van der Waals surface area contributed by atoms with Crippen molar-refractivity contribution in [3.05, 3.63) is 41.2 Å². The summed E-state index contributed by atoms with van der Waals surface area (Å²) in [5, 5.41) is 7.94. The first-order valence-corrected chi connectivity index (χ1v) is 6.82. The first-order chi connectivity index (χ1) is 8.58. The normalized spacial score (nSPS) is 14.4. The third kappa shape index (κ3) is 2.91. The van der Waals surface area contributed by atoms with Gasteiger partial charge in [0.25, 0.3) is 0 Å². The topological polar surface area (TPSA) is 67.6 Å². The summed E-state index contributed by atoms with van der Waals surface area (Å²) in [7, 11) is 0. The van der Waals surface area contributed by atoms with Crippen molar-refractivity contribution >= 4 is 11.8 Å². The fourth-order valence-corrected chi connectivity index (χ4v) is 2.97. The average Bonchev–Trinajstić information content (AvgIpc) is 2.73. The number of aryl methyl sites for hydroxylation is 2. The molecule has 1 aromatic carbocycles. The van der Waals surface area contributed by atoms with E-state index in [9.17, 15) is 0 Å². The molecule has 0 amide bonds. The van der Waals surface area contributed by atoms with Gasteiger partial charge in [-0.1, -0.05) is 36.0 Å².